The summed E-state index contributed by atoms with van der Waals surface area (Å²) in [4.78, 5) is 19.3. The van der Waals surface area contributed by atoms with Gasteiger partial charge in [-0.15, -0.1) is 0 Å². The molecule has 0 spiro atoms. The molecule has 138 valence electrons. The molecule has 0 unspecified atom stereocenters. The SMILES string of the molecule is CN1CCN(C(=O)CCN2CCC[C@@H]2[C@H]2CCCC[C@@]2(C)O)CC1. The van der Waals surface area contributed by atoms with Crippen molar-refractivity contribution in [3.05, 3.63) is 0 Å². The van der Waals surface area contributed by atoms with E-state index in [0.717, 1.165) is 58.5 Å². The highest BCUT2D eigenvalue weighted by molar-refractivity contribution is 5.76. The zero-order valence-electron chi connectivity index (χ0n) is 15.5. The van der Waals surface area contributed by atoms with Gasteiger partial charge >= 0.3 is 0 Å². The third-order valence-corrected chi connectivity index (χ3v) is 6.59. The molecule has 2 aliphatic heterocycles. The minimum Gasteiger partial charge on any atom is -0.390 e. The van der Waals surface area contributed by atoms with Gasteiger partial charge in [0.25, 0.3) is 0 Å². The fourth-order valence-corrected chi connectivity index (χ4v) is 4.99. The van der Waals surface area contributed by atoms with Crippen molar-refractivity contribution >= 4 is 5.91 Å². The highest BCUT2D eigenvalue weighted by Gasteiger charge is 2.43. The molecule has 3 atom stereocenters. The van der Waals surface area contributed by atoms with Gasteiger partial charge in [0.15, 0.2) is 0 Å². The van der Waals surface area contributed by atoms with E-state index < -0.39 is 5.60 Å². The lowest BCUT2D eigenvalue weighted by Crippen LogP contribution is -2.50. The normalized spacial score (nSPS) is 36.2. The summed E-state index contributed by atoms with van der Waals surface area (Å²) >= 11 is 0. The van der Waals surface area contributed by atoms with Crippen molar-refractivity contribution in [1.29, 1.82) is 0 Å². The second-order valence-corrected chi connectivity index (χ2v) is 8.39. The molecule has 3 rings (SSSR count). The van der Waals surface area contributed by atoms with Crippen LogP contribution < -0.4 is 0 Å². The van der Waals surface area contributed by atoms with Gasteiger partial charge in [-0.1, -0.05) is 12.8 Å². The molecule has 0 aromatic rings. The van der Waals surface area contributed by atoms with E-state index in [1.54, 1.807) is 0 Å². The third-order valence-electron chi connectivity index (χ3n) is 6.59. The first-order valence-corrected chi connectivity index (χ1v) is 9.90. The molecule has 5 heteroatoms. The minimum absolute atomic E-state index is 0.309. The second-order valence-electron chi connectivity index (χ2n) is 8.39. The molecule has 1 N–H and O–H groups in total. The highest BCUT2D eigenvalue weighted by Crippen LogP contribution is 2.40. The molecule has 24 heavy (non-hydrogen) atoms. The number of carbonyl (C=O) groups is 1. The Morgan fingerprint density at radius 3 is 2.54 bits per heavy atom. The summed E-state index contributed by atoms with van der Waals surface area (Å²) in [5.74, 6) is 0.691. The maximum Gasteiger partial charge on any atom is 0.223 e. The maximum absolute atomic E-state index is 12.5. The maximum atomic E-state index is 12.5. The molecule has 1 saturated carbocycles. The van der Waals surface area contributed by atoms with Gasteiger partial charge in [-0.3, -0.25) is 9.69 Å². The number of rotatable bonds is 4. The summed E-state index contributed by atoms with van der Waals surface area (Å²) in [7, 11) is 2.12. The molecular formula is C19H35N3O2. The van der Waals surface area contributed by atoms with Gasteiger partial charge < -0.3 is 14.9 Å². The lowest BCUT2D eigenvalue weighted by Gasteiger charge is -2.43. The Kier molecular flexibility index (Phi) is 5.83. The van der Waals surface area contributed by atoms with Gasteiger partial charge in [0.1, 0.15) is 0 Å². The van der Waals surface area contributed by atoms with Gasteiger partial charge in [-0.25, -0.2) is 0 Å². The molecule has 1 amide bonds. The van der Waals surface area contributed by atoms with Gasteiger partial charge in [0, 0.05) is 51.1 Å². The van der Waals surface area contributed by atoms with Crippen LogP contribution in [0.5, 0.6) is 0 Å². The van der Waals surface area contributed by atoms with Crippen LogP contribution in [0.3, 0.4) is 0 Å². The molecular weight excluding hydrogens is 302 g/mol. The molecule has 0 radical (unpaired) electrons. The first-order chi connectivity index (χ1) is 11.5. The van der Waals surface area contributed by atoms with E-state index in [-0.39, 0.29) is 0 Å². The van der Waals surface area contributed by atoms with Gasteiger partial charge in [0.05, 0.1) is 5.60 Å². The molecule has 0 bridgehead atoms. The number of amides is 1. The Bertz CT molecular complexity index is 432. The van der Waals surface area contributed by atoms with E-state index in [2.05, 4.69) is 16.8 Å². The van der Waals surface area contributed by atoms with Crippen molar-refractivity contribution in [1.82, 2.24) is 14.7 Å². The number of likely N-dealkylation sites (N-methyl/N-ethyl adjacent to an activating group) is 1. The van der Waals surface area contributed by atoms with Crippen LogP contribution in [0.25, 0.3) is 0 Å². The topological polar surface area (TPSA) is 47.0 Å². The van der Waals surface area contributed by atoms with E-state index >= 15 is 0 Å². The summed E-state index contributed by atoms with van der Waals surface area (Å²) in [6.45, 7) is 7.70. The standard InChI is InChI=1S/C19H35N3O2/c1-19(24)9-4-3-6-16(19)17-7-5-10-21(17)11-8-18(23)22-14-12-20(2)13-15-22/h16-17,24H,3-15H2,1-2H3/t16-,17-,19-/m1/s1. The summed E-state index contributed by atoms with van der Waals surface area (Å²) in [6, 6.07) is 0.473. The Morgan fingerprint density at radius 2 is 1.83 bits per heavy atom. The van der Waals surface area contributed by atoms with Crippen LogP contribution in [0.2, 0.25) is 0 Å². The van der Waals surface area contributed by atoms with E-state index in [9.17, 15) is 9.90 Å². The van der Waals surface area contributed by atoms with Gasteiger partial charge in [-0.2, -0.15) is 0 Å². The van der Waals surface area contributed by atoms with E-state index in [0.29, 0.717) is 24.3 Å². The first kappa shape index (κ1) is 18.2. The van der Waals surface area contributed by atoms with Crippen molar-refractivity contribution in [3.8, 4) is 0 Å². The molecule has 3 aliphatic rings. The number of hydrogen-bond donors (Lipinski definition) is 1. The Balaban J connectivity index is 1.51. The third kappa shape index (κ3) is 4.12. The Morgan fingerprint density at radius 1 is 1.08 bits per heavy atom. The Hall–Kier alpha value is -0.650. The van der Waals surface area contributed by atoms with Crippen LogP contribution in [0, 0.1) is 5.92 Å². The highest BCUT2D eigenvalue weighted by atomic mass is 16.3. The van der Waals surface area contributed by atoms with Crippen LogP contribution in [0.1, 0.15) is 51.9 Å². The van der Waals surface area contributed by atoms with E-state index in [4.69, 9.17) is 0 Å². The van der Waals surface area contributed by atoms with Crippen molar-refractivity contribution in [3.63, 3.8) is 0 Å². The van der Waals surface area contributed by atoms with Crippen molar-refractivity contribution in [2.45, 2.75) is 63.5 Å². The van der Waals surface area contributed by atoms with Crippen LogP contribution >= 0.6 is 0 Å². The number of likely N-dealkylation sites (tertiary alicyclic amines) is 1. The van der Waals surface area contributed by atoms with Crippen LogP contribution in [-0.2, 0) is 4.79 Å². The molecule has 5 nitrogen and oxygen atoms in total. The monoisotopic (exact) mass is 337 g/mol. The van der Waals surface area contributed by atoms with Crippen molar-refractivity contribution < 1.29 is 9.90 Å². The van der Waals surface area contributed by atoms with Crippen LogP contribution in [0.15, 0.2) is 0 Å². The van der Waals surface area contributed by atoms with Gasteiger partial charge in [0.2, 0.25) is 5.91 Å². The van der Waals surface area contributed by atoms with Crippen LogP contribution in [-0.4, -0.2) is 83.7 Å². The summed E-state index contributed by atoms with van der Waals surface area (Å²) < 4.78 is 0. The van der Waals surface area contributed by atoms with Crippen LogP contribution in [0.4, 0.5) is 0 Å². The lowest BCUT2D eigenvalue weighted by atomic mass is 9.72. The molecule has 3 fully saturated rings. The first-order valence-electron chi connectivity index (χ1n) is 9.90. The number of hydrogen-bond acceptors (Lipinski definition) is 4. The lowest BCUT2D eigenvalue weighted by molar-refractivity contribution is -0.133. The predicted molar refractivity (Wildman–Crippen MR) is 95.9 cm³/mol. The van der Waals surface area contributed by atoms with E-state index in [1.807, 2.05) is 11.8 Å². The zero-order valence-corrected chi connectivity index (χ0v) is 15.5. The molecule has 0 aromatic heterocycles. The number of carbonyl (C=O) groups excluding carboxylic acids is 1. The summed E-state index contributed by atoms with van der Waals surface area (Å²) in [6.07, 6.45) is 7.49. The Labute approximate surface area is 147 Å². The number of nitrogens with zero attached hydrogens (tertiary/aromatic N) is 3. The van der Waals surface area contributed by atoms with Gasteiger partial charge in [-0.05, 0) is 46.2 Å². The fourth-order valence-electron chi connectivity index (χ4n) is 4.99. The fraction of sp³-hybridized carbons (Fsp3) is 0.947. The summed E-state index contributed by atoms with van der Waals surface area (Å²) in [5, 5.41) is 10.8. The average Bonchev–Trinajstić information content (AvgIpc) is 3.01. The predicted octanol–water partition coefficient (Wildman–Crippen LogP) is 1.56. The quantitative estimate of drug-likeness (QED) is 0.846. The molecule has 2 saturated heterocycles. The average molecular weight is 338 g/mol. The minimum atomic E-state index is -0.521. The number of piperazine rings is 1. The zero-order chi connectivity index (χ0) is 17.2. The van der Waals surface area contributed by atoms with Crippen molar-refractivity contribution in [2.24, 2.45) is 5.92 Å². The second kappa shape index (κ2) is 7.71. The molecule has 0 aromatic carbocycles. The summed E-state index contributed by atoms with van der Waals surface area (Å²) in [5.41, 5.74) is -0.521. The number of aliphatic hydroxyl groups is 1. The van der Waals surface area contributed by atoms with E-state index in [1.165, 1.54) is 19.3 Å². The van der Waals surface area contributed by atoms with Crippen molar-refractivity contribution in [2.75, 3.05) is 46.3 Å². The molecule has 2 heterocycles. The smallest absolute Gasteiger partial charge is 0.223 e. The largest absolute Gasteiger partial charge is 0.390 e. The molecule has 1 aliphatic carbocycles.